The van der Waals surface area contributed by atoms with Crippen molar-refractivity contribution in [3.63, 3.8) is 0 Å². The Hall–Kier alpha value is -4.96. The molecule has 0 spiro atoms. The van der Waals surface area contributed by atoms with Crippen molar-refractivity contribution in [3.05, 3.63) is 115 Å². The fraction of sp³-hybridized carbons (Fsp3) is 0. The van der Waals surface area contributed by atoms with Gasteiger partial charge in [0.2, 0.25) is 5.95 Å². The van der Waals surface area contributed by atoms with Gasteiger partial charge in [-0.25, -0.2) is 9.97 Å². The number of para-hydroxylation sites is 3. The van der Waals surface area contributed by atoms with Crippen LogP contribution in [-0.4, -0.2) is 14.5 Å². The molecule has 0 fully saturated rings. The minimum Gasteiger partial charge on any atom is -0.455 e. The van der Waals surface area contributed by atoms with E-state index >= 15 is 0 Å². The fourth-order valence-electron chi connectivity index (χ4n) is 5.43. The average Bonchev–Trinajstić information content (AvgIpc) is 3.48. The molecule has 0 aliphatic carbocycles. The average molecular weight is 462 g/mol. The molecule has 0 saturated heterocycles. The van der Waals surface area contributed by atoms with Gasteiger partial charge < -0.3 is 4.42 Å². The summed E-state index contributed by atoms with van der Waals surface area (Å²) in [6.45, 7) is 0. The summed E-state index contributed by atoms with van der Waals surface area (Å²) in [5.41, 5.74) is 6.77. The highest BCUT2D eigenvalue weighted by Crippen LogP contribution is 2.40. The Labute approximate surface area is 206 Å². The van der Waals surface area contributed by atoms with Gasteiger partial charge in [0.25, 0.3) is 0 Å². The summed E-state index contributed by atoms with van der Waals surface area (Å²) >= 11 is 0. The van der Waals surface area contributed by atoms with E-state index in [2.05, 4.69) is 77.4 Å². The molecule has 5 aromatic carbocycles. The van der Waals surface area contributed by atoms with E-state index < -0.39 is 0 Å². The van der Waals surface area contributed by atoms with Gasteiger partial charge in [-0.1, -0.05) is 84.9 Å². The molecule has 0 amide bonds. The molecule has 4 heteroatoms. The zero-order chi connectivity index (χ0) is 23.6. The topological polar surface area (TPSA) is 43.9 Å². The van der Waals surface area contributed by atoms with Crippen LogP contribution >= 0.6 is 0 Å². The smallest absolute Gasteiger partial charge is 0.235 e. The van der Waals surface area contributed by atoms with Gasteiger partial charge in [-0.15, -0.1) is 0 Å². The number of nitrogens with zero attached hydrogens (tertiary/aromatic N) is 3. The number of furan rings is 1. The van der Waals surface area contributed by atoms with Crippen LogP contribution in [0, 0.1) is 0 Å². The minimum atomic E-state index is 0.647. The molecule has 0 bridgehead atoms. The molecule has 0 aliphatic rings. The molecule has 36 heavy (non-hydrogen) atoms. The fourth-order valence-corrected chi connectivity index (χ4v) is 5.43. The van der Waals surface area contributed by atoms with Crippen LogP contribution in [0.1, 0.15) is 0 Å². The predicted molar refractivity (Wildman–Crippen MR) is 147 cm³/mol. The zero-order valence-electron chi connectivity index (χ0n) is 19.2. The van der Waals surface area contributed by atoms with Gasteiger partial charge in [-0.2, -0.15) is 0 Å². The van der Waals surface area contributed by atoms with E-state index in [9.17, 15) is 0 Å². The molecule has 8 aromatic rings. The van der Waals surface area contributed by atoms with Gasteiger partial charge in [0.1, 0.15) is 11.2 Å². The molecular formula is C32H19N3O. The zero-order valence-corrected chi connectivity index (χ0v) is 19.2. The Balaban J connectivity index is 1.53. The number of aromatic nitrogens is 3. The summed E-state index contributed by atoms with van der Waals surface area (Å²) in [5, 5.41) is 5.48. The van der Waals surface area contributed by atoms with E-state index in [1.54, 1.807) is 0 Å². The molecule has 168 valence electrons. The highest BCUT2D eigenvalue weighted by atomic mass is 16.3. The van der Waals surface area contributed by atoms with Gasteiger partial charge >= 0.3 is 0 Å². The maximum Gasteiger partial charge on any atom is 0.235 e. The maximum atomic E-state index is 6.43. The van der Waals surface area contributed by atoms with Crippen molar-refractivity contribution in [1.29, 1.82) is 0 Å². The molecule has 0 aliphatic heterocycles. The summed E-state index contributed by atoms with van der Waals surface area (Å²) < 4.78 is 8.60. The maximum absolute atomic E-state index is 6.43. The van der Waals surface area contributed by atoms with Crippen LogP contribution < -0.4 is 0 Å². The summed E-state index contributed by atoms with van der Waals surface area (Å²) in [6.07, 6.45) is 0. The monoisotopic (exact) mass is 461 g/mol. The lowest BCUT2D eigenvalue weighted by atomic mass is 10.1. The largest absolute Gasteiger partial charge is 0.455 e. The second-order valence-corrected chi connectivity index (χ2v) is 9.04. The standard InChI is InChI=1S/C32H19N3O/c1-2-10-20(11-3-1)30-23-13-4-7-15-25(23)33-32(34-30)35-26-16-8-5-14-24(26)29-27(35)19-18-22-21-12-6-9-17-28(21)36-31(22)29/h1-19H. The first-order valence-corrected chi connectivity index (χ1v) is 12.0. The number of benzene rings is 5. The second-order valence-electron chi connectivity index (χ2n) is 9.04. The van der Waals surface area contributed by atoms with Crippen molar-refractivity contribution >= 4 is 54.6 Å². The first-order valence-electron chi connectivity index (χ1n) is 12.0. The summed E-state index contributed by atoms with van der Waals surface area (Å²) in [5.74, 6) is 0.647. The molecular weight excluding hydrogens is 442 g/mol. The van der Waals surface area contributed by atoms with Crippen LogP contribution in [0.15, 0.2) is 120 Å². The van der Waals surface area contributed by atoms with E-state index in [0.717, 1.165) is 65.9 Å². The minimum absolute atomic E-state index is 0.647. The van der Waals surface area contributed by atoms with Crippen LogP contribution in [-0.2, 0) is 0 Å². The quantitative estimate of drug-likeness (QED) is 0.260. The summed E-state index contributed by atoms with van der Waals surface area (Å²) in [7, 11) is 0. The molecule has 3 heterocycles. The van der Waals surface area contributed by atoms with Gasteiger partial charge in [-0.05, 0) is 30.3 Å². The van der Waals surface area contributed by atoms with Crippen molar-refractivity contribution in [2.24, 2.45) is 0 Å². The third-order valence-electron chi connectivity index (χ3n) is 7.02. The molecule has 0 radical (unpaired) electrons. The summed E-state index contributed by atoms with van der Waals surface area (Å²) in [4.78, 5) is 10.2. The Morgan fingerprint density at radius 1 is 0.528 bits per heavy atom. The lowest BCUT2D eigenvalue weighted by Gasteiger charge is -2.11. The van der Waals surface area contributed by atoms with Crippen molar-refractivity contribution in [2.45, 2.75) is 0 Å². The van der Waals surface area contributed by atoms with Crippen LogP contribution in [0.25, 0.3) is 71.9 Å². The number of fused-ring (bicyclic) bond motifs is 8. The highest BCUT2D eigenvalue weighted by Gasteiger charge is 2.20. The van der Waals surface area contributed by atoms with Gasteiger partial charge in [-0.3, -0.25) is 4.57 Å². The third kappa shape index (κ3) is 2.64. The molecule has 3 aromatic heterocycles. The predicted octanol–water partition coefficient (Wildman–Crippen LogP) is 8.29. The van der Waals surface area contributed by atoms with Crippen LogP contribution in [0.2, 0.25) is 0 Å². The van der Waals surface area contributed by atoms with Gasteiger partial charge in [0.15, 0.2) is 0 Å². The lowest BCUT2D eigenvalue weighted by molar-refractivity contribution is 0.673. The van der Waals surface area contributed by atoms with Gasteiger partial charge in [0.05, 0.1) is 27.6 Å². The number of hydrogen-bond acceptors (Lipinski definition) is 3. The van der Waals surface area contributed by atoms with E-state index in [-0.39, 0.29) is 0 Å². The normalized spacial score (nSPS) is 11.9. The van der Waals surface area contributed by atoms with E-state index in [1.165, 1.54) is 0 Å². The van der Waals surface area contributed by atoms with E-state index in [4.69, 9.17) is 14.4 Å². The first-order chi connectivity index (χ1) is 17.9. The number of hydrogen-bond donors (Lipinski definition) is 0. The Bertz CT molecular complexity index is 2100. The van der Waals surface area contributed by atoms with Gasteiger partial charge in [0, 0.05) is 27.1 Å². The van der Waals surface area contributed by atoms with Crippen molar-refractivity contribution < 1.29 is 4.42 Å². The third-order valence-corrected chi connectivity index (χ3v) is 7.02. The van der Waals surface area contributed by atoms with Crippen LogP contribution in [0.4, 0.5) is 0 Å². The lowest BCUT2D eigenvalue weighted by Crippen LogP contribution is -2.03. The SMILES string of the molecule is c1ccc(-c2nc(-n3c4ccccc4c4c5oc6ccccc6c5ccc43)nc3ccccc23)cc1. The van der Waals surface area contributed by atoms with Crippen molar-refractivity contribution in [3.8, 4) is 17.2 Å². The van der Waals surface area contributed by atoms with Crippen LogP contribution in [0.3, 0.4) is 0 Å². The molecule has 0 N–H and O–H groups in total. The number of rotatable bonds is 2. The molecule has 8 rings (SSSR count). The van der Waals surface area contributed by atoms with Crippen molar-refractivity contribution in [2.75, 3.05) is 0 Å². The summed E-state index contributed by atoms with van der Waals surface area (Å²) in [6, 6.07) is 39.5. The highest BCUT2D eigenvalue weighted by molar-refractivity contribution is 6.23. The molecule has 0 unspecified atom stereocenters. The second kappa shape index (κ2) is 7.27. The Kier molecular flexibility index (Phi) is 3.91. The van der Waals surface area contributed by atoms with E-state index in [1.807, 2.05) is 42.5 Å². The molecule has 4 nitrogen and oxygen atoms in total. The van der Waals surface area contributed by atoms with Crippen LogP contribution in [0.5, 0.6) is 0 Å². The van der Waals surface area contributed by atoms with Crippen molar-refractivity contribution in [1.82, 2.24) is 14.5 Å². The van der Waals surface area contributed by atoms with E-state index in [0.29, 0.717) is 5.95 Å². The Morgan fingerprint density at radius 2 is 1.25 bits per heavy atom. The molecule has 0 saturated carbocycles. The molecule has 0 atom stereocenters. The Morgan fingerprint density at radius 3 is 2.14 bits per heavy atom. The first kappa shape index (κ1) is 19.4.